The zero-order valence-electron chi connectivity index (χ0n) is 25.1. The average Bonchev–Trinajstić information content (AvgIpc) is 3.66. The van der Waals surface area contributed by atoms with E-state index in [2.05, 4.69) is 19.9 Å². The van der Waals surface area contributed by atoms with Gasteiger partial charge in [0.1, 0.15) is 29.9 Å². The first-order chi connectivity index (χ1) is 22.3. The van der Waals surface area contributed by atoms with Crippen molar-refractivity contribution in [3.63, 3.8) is 0 Å². The van der Waals surface area contributed by atoms with E-state index in [1.54, 1.807) is 30.7 Å². The number of piperidine rings is 1. The Morgan fingerprint density at radius 3 is 2.61 bits per heavy atom. The van der Waals surface area contributed by atoms with Crippen LogP contribution in [-0.2, 0) is 26.2 Å². The molecule has 0 bridgehead atoms. The number of aromatic carboxylic acids is 1. The van der Waals surface area contributed by atoms with Gasteiger partial charge in [-0.25, -0.2) is 23.5 Å². The van der Waals surface area contributed by atoms with Crippen molar-refractivity contribution in [2.24, 2.45) is 0 Å². The number of pyridine rings is 1. The molecule has 46 heavy (non-hydrogen) atoms. The molecule has 13 heteroatoms. The van der Waals surface area contributed by atoms with Gasteiger partial charge in [-0.15, -0.1) is 0 Å². The highest BCUT2D eigenvalue weighted by atomic mass is 19.1. The first kappa shape index (κ1) is 30.7. The molecular formula is C33H31F2N7O4. The van der Waals surface area contributed by atoms with Gasteiger partial charge < -0.3 is 23.7 Å². The highest BCUT2D eigenvalue weighted by Gasteiger charge is 2.25. The van der Waals surface area contributed by atoms with Crippen molar-refractivity contribution in [3.05, 3.63) is 101 Å². The number of carboxylic acid groups (broad SMARTS) is 1. The van der Waals surface area contributed by atoms with Crippen molar-refractivity contribution >= 4 is 17.0 Å². The third-order valence-corrected chi connectivity index (χ3v) is 8.04. The van der Waals surface area contributed by atoms with Gasteiger partial charge in [0.05, 0.1) is 47.8 Å². The molecule has 5 aromatic rings. The number of ether oxygens (including phenoxy) is 2. The summed E-state index contributed by atoms with van der Waals surface area (Å²) in [5, 5.41) is 18.5. The standard InChI is InChI=1S/C33H31F2N7O4/c1-2-41-20-37-16-24(41)17-42-28-14-23(33(43)44)13-27(35)32(28)38-29(42)18-40-10-8-25(9-11-40)46-31-5-3-4-30(39-31)45-19-22-7-6-21(15-36)12-26(22)34/h3-7,12-14,16,20,25H,2,8-11,17-19H2,1H3,(H,43,44). The number of imidazole rings is 2. The Bertz CT molecular complexity index is 1930. The fraction of sp³-hybridized carbons (Fsp3) is 0.303. The molecule has 236 valence electrons. The van der Waals surface area contributed by atoms with Crippen molar-refractivity contribution in [2.75, 3.05) is 13.1 Å². The minimum Gasteiger partial charge on any atom is -0.478 e. The third-order valence-electron chi connectivity index (χ3n) is 8.04. The second kappa shape index (κ2) is 13.3. The summed E-state index contributed by atoms with van der Waals surface area (Å²) >= 11 is 0. The summed E-state index contributed by atoms with van der Waals surface area (Å²) in [5.41, 5.74) is 1.87. The molecule has 0 aliphatic carbocycles. The summed E-state index contributed by atoms with van der Waals surface area (Å²) in [6, 6.07) is 13.8. The number of hydrogen-bond donors (Lipinski definition) is 1. The number of hydrogen-bond acceptors (Lipinski definition) is 8. The number of rotatable bonds is 11. The van der Waals surface area contributed by atoms with Gasteiger partial charge in [0.25, 0.3) is 0 Å². The number of halogens is 2. The van der Waals surface area contributed by atoms with Crippen LogP contribution < -0.4 is 9.47 Å². The zero-order chi connectivity index (χ0) is 32.2. The number of nitrogens with zero attached hydrogens (tertiary/aromatic N) is 7. The van der Waals surface area contributed by atoms with Crippen molar-refractivity contribution in [1.82, 2.24) is 29.0 Å². The average molecular weight is 628 g/mol. The van der Waals surface area contributed by atoms with Gasteiger partial charge in [0.2, 0.25) is 11.8 Å². The highest BCUT2D eigenvalue weighted by molar-refractivity contribution is 5.92. The number of likely N-dealkylation sites (tertiary alicyclic amines) is 1. The van der Waals surface area contributed by atoms with Gasteiger partial charge in [-0.3, -0.25) is 4.90 Å². The second-order valence-corrected chi connectivity index (χ2v) is 11.0. The number of aromatic nitrogens is 5. The monoisotopic (exact) mass is 627 g/mol. The minimum atomic E-state index is -1.21. The van der Waals surface area contributed by atoms with E-state index in [-0.39, 0.29) is 29.4 Å². The van der Waals surface area contributed by atoms with Crippen LogP contribution in [0.2, 0.25) is 0 Å². The Balaban J connectivity index is 1.11. The first-order valence-corrected chi connectivity index (χ1v) is 14.9. The van der Waals surface area contributed by atoms with E-state index in [1.807, 2.05) is 22.1 Å². The molecule has 1 N–H and O–H groups in total. The van der Waals surface area contributed by atoms with Gasteiger partial charge in [-0.05, 0) is 44.0 Å². The Morgan fingerprint density at radius 2 is 1.87 bits per heavy atom. The quantitative estimate of drug-likeness (QED) is 0.211. The van der Waals surface area contributed by atoms with Crippen LogP contribution >= 0.6 is 0 Å². The molecule has 0 unspecified atom stereocenters. The van der Waals surface area contributed by atoms with Gasteiger partial charge in [-0.1, -0.05) is 12.1 Å². The number of aryl methyl sites for hydroxylation is 1. The molecule has 6 rings (SSSR count). The molecule has 11 nitrogen and oxygen atoms in total. The van der Waals surface area contributed by atoms with E-state index in [0.29, 0.717) is 74.2 Å². The highest BCUT2D eigenvalue weighted by Crippen LogP contribution is 2.26. The number of fused-ring (bicyclic) bond motifs is 1. The SMILES string of the molecule is CCn1cncc1Cn1c(CN2CCC(Oc3cccc(OCc4ccc(C#N)cc4F)n3)CC2)nc2c(F)cc(C(=O)O)cc21. The summed E-state index contributed by atoms with van der Waals surface area (Å²) in [7, 11) is 0. The maximum absolute atomic E-state index is 15.0. The fourth-order valence-corrected chi connectivity index (χ4v) is 5.56. The van der Waals surface area contributed by atoms with Crippen molar-refractivity contribution in [3.8, 4) is 17.8 Å². The predicted molar refractivity (Wildman–Crippen MR) is 162 cm³/mol. The molecule has 1 aliphatic heterocycles. The molecular weight excluding hydrogens is 596 g/mol. The molecule has 4 heterocycles. The maximum Gasteiger partial charge on any atom is 0.335 e. The van der Waals surface area contributed by atoms with Crippen LogP contribution in [0.4, 0.5) is 8.78 Å². The number of carbonyl (C=O) groups is 1. The van der Waals surface area contributed by atoms with E-state index in [0.717, 1.165) is 11.8 Å². The lowest BCUT2D eigenvalue weighted by atomic mass is 10.1. The lowest BCUT2D eigenvalue weighted by Crippen LogP contribution is -2.38. The number of benzene rings is 2. The summed E-state index contributed by atoms with van der Waals surface area (Å²) in [5.74, 6) is -1.08. The molecule has 0 spiro atoms. The van der Waals surface area contributed by atoms with Gasteiger partial charge in [-0.2, -0.15) is 10.2 Å². The normalized spacial score (nSPS) is 14.0. The molecule has 1 saturated heterocycles. The van der Waals surface area contributed by atoms with Crippen molar-refractivity contribution < 1.29 is 28.2 Å². The second-order valence-electron chi connectivity index (χ2n) is 11.0. The van der Waals surface area contributed by atoms with Crippen LogP contribution in [0.25, 0.3) is 11.0 Å². The van der Waals surface area contributed by atoms with Crippen LogP contribution in [-0.4, -0.2) is 59.3 Å². The predicted octanol–water partition coefficient (Wildman–Crippen LogP) is 5.17. The molecule has 0 atom stereocenters. The molecule has 0 amide bonds. The number of carboxylic acids is 1. The summed E-state index contributed by atoms with van der Waals surface area (Å²) < 4.78 is 45.0. The molecule has 0 saturated carbocycles. The van der Waals surface area contributed by atoms with E-state index >= 15 is 4.39 Å². The van der Waals surface area contributed by atoms with Gasteiger partial charge in [0, 0.05) is 43.5 Å². The van der Waals surface area contributed by atoms with Gasteiger partial charge in [0.15, 0.2) is 5.82 Å². The van der Waals surface area contributed by atoms with E-state index < -0.39 is 17.6 Å². The lowest BCUT2D eigenvalue weighted by molar-refractivity contribution is 0.0696. The first-order valence-electron chi connectivity index (χ1n) is 14.9. The van der Waals surface area contributed by atoms with Crippen LogP contribution in [0, 0.1) is 23.0 Å². The van der Waals surface area contributed by atoms with Crippen LogP contribution in [0.5, 0.6) is 11.8 Å². The van der Waals surface area contributed by atoms with Crippen LogP contribution in [0.1, 0.15) is 52.8 Å². The fourth-order valence-electron chi connectivity index (χ4n) is 5.56. The van der Waals surface area contributed by atoms with E-state index in [1.165, 1.54) is 24.3 Å². The molecule has 3 aromatic heterocycles. The summed E-state index contributed by atoms with van der Waals surface area (Å²) in [6.45, 7) is 4.86. The Labute approximate surface area is 263 Å². The number of nitriles is 1. The Hall–Kier alpha value is -5.35. The van der Waals surface area contributed by atoms with Gasteiger partial charge >= 0.3 is 5.97 Å². The molecule has 1 fully saturated rings. The lowest BCUT2D eigenvalue weighted by Gasteiger charge is -2.31. The maximum atomic E-state index is 15.0. The van der Waals surface area contributed by atoms with E-state index in [4.69, 9.17) is 14.7 Å². The minimum absolute atomic E-state index is 0.0422. The van der Waals surface area contributed by atoms with Crippen LogP contribution in [0.15, 0.2) is 61.1 Å². The Kier molecular flexibility index (Phi) is 8.89. The van der Waals surface area contributed by atoms with Crippen LogP contribution in [0.3, 0.4) is 0 Å². The molecule has 0 radical (unpaired) electrons. The Morgan fingerprint density at radius 1 is 1.07 bits per heavy atom. The molecule has 2 aromatic carbocycles. The third kappa shape index (κ3) is 6.67. The smallest absolute Gasteiger partial charge is 0.335 e. The zero-order valence-corrected chi connectivity index (χ0v) is 25.1. The molecule has 1 aliphatic rings. The topological polar surface area (TPSA) is 131 Å². The van der Waals surface area contributed by atoms with Crippen molar-refractivity contribution in [1.29, 1.82) is 5.26 Å². The summed E-state index contributed by atoms with van der Waals surface area (Å²) in [4.78, 5) is 27.2. The van der Waals surface area contributed by atoms with Crippen molar-refractivity contribution in [2.45, 2.75) is 52.1 Å². The van der Waals surface area contributed by atoms with E-state index in [9.17, 15) is 14.3 Å². The largest absolute Gasteiger partial charge is 0.478 e. The summed E-state index contributed by atoms with van der Waals surface area (Å²) in [6.07, 6.45) is 4.81.